The summed E-state index contributed by atoms with van der Waals surface area (Å²) in [5, 5.41) is 2.37. The number of hydrogen-bond acceptors (Lipinski definition) is 6. The van der Waals surface area contributed by atoms with Gasteiger partial charge in [0.25, 0.3) is 0 Å². The molecule has 0 bridgehead atoms. The highest BCUT2D eigenvalue weighted by Gasteiger charge is 2.39. The SMILES string of the molecule is O=C(O[C@@H](CCCl)C(=O)c1ccc(F)cc1)[C@@H]1CC(=O)N(c2nc(-c3ccccc3)cs2)C1. The number of rotatable bonds is 8. The van der Waals surface area contributed by atoms with Crippen LogP contribution in [0, 0.1) is 11.7 Å². The monoisotopic (exact) mass is 486 g/mol. The van der Waals surface area contributed by atoms with E-state index in [-0.39, 0.29) is 36.7 Å². The highest BCUT2D eigenvalue weighted by atomic mass is 35.5. The molecule has 0 unspecified atom stereocenters. The lowest BCUT2D eigenvalue weighted by molar-refractivity contribution is -0.151. The predicted octanol–water partition coefficient (Wildman–Crippen LogP) is 4.73. The highest BCUT2D eigenvalue weighted by molar-refractivity contribution is 7.14. The Bertz CT molecular complexity index is 1150. The molecule has 0 radical (unpaired) electrons. The average molecular weight is 487 g/mol. The Morgan fingerprint density at radius 2 is 1.91 bits per heavy atom. The molecule has 6 nitrogen and oxygen atoms in total. The van der Waals surface area contributed by atoms with E-state index in [0.717, 1.165) is 23.4 Å². The number of aromatic nitrogens is 1. The first-order chi connectivity index (χ1) is 16.0. The van der Waals surface area contributed by atoms with Crippen molar-refractivity contribution in [1.29, 1.82) is 0 Å². The van der Waals surface area contributed by atoms with Gasteiger partial charge < -0.3 is 4.74 Å². The van der Waals surface area contributed by atoms with Crippen LogP contribution in [0.1, 0.15) is 23.2 Å². The number of carbonyl (C=O) groups is 3. The zero-order valence-corrected chi connectivity index (χ0v) is 19.0. The molecular formula is C24H20ClFN2O4S. The molecule has 2 heterocycles. The molecule has 1 saturated heterocycles. The van der Waals surface area contributed by atoms with Crippen molar-refractivity contribution in [3.63, 3.8) is 0 Å². The minimum atomic E-state index is -1.10. The normalized spacial score (nSPS) is 16.6. The van der Waals surface area contributed by atoms with Crippen molar-refractivity contribution >= 4 is 45.7 Å². The Morgan fingerprint density at radius 1 is 1.18 bits per heavy atom. The van der Waals surface area contributed by atoms with Gasteiger partial charge in [0.05, 0.1) is 11.6 Å². The van der Waals surface area contributed by atoms with E-state index in [2.05, 4.69) is 4.98 Å². The number of ketones is 1. The van der Waals surface area contributed by atoms with Crippen LogP contribution in [-0.4, -0.2) is 41.2 Å². The third-order valence-corrected chi connectivity index (χ3v) is 6.38. The van der Waals surface area contributed by atoms with Crippen LogP contribution in [0.3, 0.4) is 0 Å². The van der Waals surface area contributed by atoms with Gasteiger partial charge in [-0.15, -0.1) is 22.9 Å². The van der Waals surface area contributed by atoms with Gasteiger partial charge in [0.1, 0.15) is 5.82 Å². The number of Topliss-reactive ketones (excluding diaryl/α,β-unsaturated/α-hetero) is 1. The molecule has 3 aromatic rings. The van der Waals surface area contributed by atoms with Crippen LogP contribution in [0.2, 0.25) is 0 Å². The minimum Gasteiger partial charge on any atom is -0.454 e. The van der Waals surface area contributed by atoms with E-state index >= 15 is 0 Å². The largest absolute Gasteiger partial charge is 0.454 e. The van der Waals surface area contributed by atoms with Gasteiger partial charge >= 0.3 is 5.97 Å². The van der Waals surface area contributed by atoms with E-state index in [1.165, 1.54) is 28.4 Å². The maximum Gasteiger partial charge on any atom is 0.312 e. The molecule has 4 rings (SSSR count). The first-order valence-electron chi connectivity index (χ1n) is 10.3. The van der Waals surface area contributed by atoms with Gasteiger partial charge in [0, 0.05) is 41.8 Å². The minimum absolute atomic E-state index is 0.0303. The van der Waals surface area contributed by atoms with Gasteiger partial charge in [-0.1, -0.05) is 30.3 Å². The van der Waals surface area contributed by atoms with Crippen molar-refractivity contribution in [3.05, 3.63) is 71.4 Å². The second-order valence-corrected chi connectivity index (χ2v) is 8.78. The van der Waals surface area contributed by atoms with Crippen molar-refractivity contribution in [1.82, 2.24) is 4.98 Å². The fourth-order valence-corrected chi connectivity index (χ4v) is 4.62. The molecule has 33 heavy (non-hydrogen) atoms. The quantitative estimate of drug-likeness (QED) is 0.261. The first kappa shape index (κ1) is 23.1. The van der Waals surface area contributed by atoms with Crippen LogP contribution < -0.4 is 4.90 Å². The summed E-state index contributed by atoms with van der Waals surface area (Å²) in [6, 6.07) is 14.6. The van der Waals surface area contributed by atoms with Gasteiger partial charge in [0.2, 0.25) is 11.7 Å². The maximum absolute atomic E-state index is 13.2. The van der Waals surface area contributed by atoms with E-state index in [1.54, 1.807) is 0 Å². The number of amides is 1. The Morgan fingerprint density at radius 3 is 2.61 bits per heavy atom. The molecule has 1 aliphatic heterocycles. The van der Waals surface area contributed by atoms with Crippen molar-refractivity contribution in [3.8, 4) is 11.3 Å². The number of carbonyl (C=O) groups excluding carboxylic acids is 3. The zero-order chi connectivity index (χ0) is 23.4. The zero-order valence-electron chi connectivity index (χ0n) is 17.4. The van der Waals surface area contributed by atoms with Crippen LogP contribution in [0.5, 0.6) is 0 Å². The molecule has 1 aliphatic rings. The van der Waals surface area contributed by atoms with Crippen molar-refractivity contribution in [2.24, 2.45) is 5.92 Å². The lowest BCUT2D eigenvalue weighted by Gasteiger charge is -2.18. The summed E-state index contributed by atoms with van der Waals surface area (Å²) in [5.74, 6) is -2.43. The van der Waals surface area contributed by atoms with E-state index in [1.807, 2.05) is 35.7 Å². The molecule has 1 fully saturated rings. The summed E-state index contributed by atoms with van der Waals surface area (Å²) in [4.78, 5) is 44.1. The summed E-state index contributed by atoms with van der Waals surface area (Å²) in [5.41, 5.74) is 1.91. The van der Waals surface area contributed by atoms with Crippen molar-refractivity contribution < 1.29 is 23.5 Å². The number of nitrogens with zero attached hydrogens (tertiary/aromatic N) is 2. The van der Waals surface area contributed by atoms with Crippen LogP contribution in [0.25, 0.3) is 11.3 Å². The number of benzene rings is 2. The standard InChI is InChI=1S/C24H20ClFN2O4S/c25-11-10-20(22(30)16-6-8-18(26)9-7-16)32-23(31)17-12-21(29)28(13-17)24-27-19(14-33-24)15-4-2-1-3-5-15/h1-9,14,17,20H,10-13H2/t17-,20+/m1/s1. The number of anilines is 1. The van der Waals surface area contributed by atoms with Crippen LogP contribution in [-0.2, 0) is 14.3 Å². The predicted molar refractivity (Wildman–Crippen MR) is 124 cm³/mol. The van der Waals surface area contributed by atoms with E-state index in [9.17, 15) is 18.8 Å². The van der Waals surface area contributed by atoms with Gasteiger partial charge in [-0.05, 0) is 24.3 Å². The molecule has 0 aliphatic carbocycles. The van der Waals surface area contributed by atoms with Crippen LogP contribution >= 0.6 is 22.9 Å². The molecule has 170 valence electrons. The summed E-state index contributed by atoms with van der Waals surface area (Å²) >= 11 is 7.13. The summed E-state index contributed by atoms with van der Waals surface area (Å²) in [7, 11) is 0. The fourth-order valence-electron chi connectivity index (χ4n) is 3.56. The summed E-state index contributed by atoms with van der Waals surface area (Å²) in [6.45, 7) is 0.123. The first-order valence-corrected chi connectivity index (χ1v) is 11.7. The fraction of sp³-hybridized carbons (Fsp3) is 0.250. The van der Waals surface area contributed by atoms with Gasteiger partial charge in [-0.25, -0.2) is 9.37 Å². The molecule has 1 amide bonds. The average Bonchev–Trinajstić information content (AvgIpc) is 3.46. The maximum atomic E-state index is 13.2. The number of hydrogen-bond donors (Lipinski definition) is 0. The molecule has 2 atom stereocenters. The van der Waals surface area contributed by atoms with Crippen molar-refractivity contribution in [2.45, 2.75) is 18.9 Å². The third kappa shape index (κ3) is 5.29. The van der Waals surface area contributed by atoms with E-state index in [0.29, 0.717) is 5.13 Å². The van der Waals surface area contributed by atoms with E-state index < -0.39 is 29.6 Å². The van der Waals surface area contributed by atoms with Crippen LogP contribution in [0.4, 0.5) is 9.52 Å². The molecule has 0 spiro atoms. The summed E-state index contributed by atoms with van der Waals surface area (Å²) in [6.07, 6.45) is -1.02. The Kier molecular flexibility index (Phi) is 7.15. The molecule has 0 N–H and O–H groups in total. The molecule has 9 heteroatoms. The topological polar surface area (TPSA) is 76.6 Å². The molecule has 0 saturated carbocycles. The summed E-state index contributed by atoms with van der Waals surface area (Å²) < 4.78 is 18.6. The smallest absolute Gasteiger partial charge is 0.312 e. The lowest BCUT2D eigenvalue weighted by atomic mass is 10.0. The number of alkyl halides is 1. The van der Waals surface area contributed by atoms with Crippen LogP contribution in [0.15, 0.2) is 60.0 Å². The Balaban J connectivity index is 1.43. The Hall–Kier alpha value is -3.10. The second-order valence-electron chi connectivity index (χ2n) is 7.56. The van der Waals surface area contributed by atoms with Crippen molar-refractivity contribution in [2.75, 3.05) is 17.3 Å². The highest BCUT2D eigenvalue weighted by Crippen LogP contribution is 2.32. The number of thiazole rings is 1. The van der Waals surface area contributed by atoms with Gasteiger partial charge in [-0.3, -0.25) is 19.3 Å². The van der Waals surface area contributed by atoms with E-state index in [4.69, 9.17) is 16.3 Å². The molecule has 2 aromatic carbocycles. The molecular weight excluding hydrogens is 467 g/mol. The lowest BCUT2D eigenvalue weighted by Crippen LogP contribution is -2.32. The Labute approximate surface area is 199 Å². The third-order valence-electron chi connectivity index (χ3n) is 5.30. The number of ether oxygens (including phenoxy) is 1. The van der Waals surface area contributed by atoms with Gasteiger partial charge in [0.15, 0.2) is 11.2 Å². The molecule has 1 aromatic heterocycles. The number of halogens is 2. The number of esters is 1. The second kappa shape index (κ2) is 10.2. The van der Waals surface area contributed by atoms with Gasteiger partial charge in [-0.2, -0.15) is 0 Å².